The molecule has 0 saturated heterocycles. The first-order valence-electron chi connectivity index (χ1n) is 0. The van der Waals surface area contributed by atoms with Gasteiger partial charge in [0.25, 0.3) is 0 Å². The van der Waals surface area contributed by atoms with Gasteiger partial charge in [0.15, 0.2) is 0 Å². The van der Waals surface area contributed by atoms with Gasteiger partial charge in [0.2, 0.25) is 0 Å². The van der Waals surface area contributed by atoms with Crippen LogP contribution in [0.25, 0.3) is 0 Å². The van der Waals surface area contributed by atoms with Gasteiger partial charge in [-0.05, 0) is 0 Å². The second-order valence-corrected chi connectivity index (χ2v) is 0. The predicted octanol–water partition coefficient (Wildman–Crippen LogP) is -1.47. The molecule has 0 N–H and O–H groups in total. The molecular weight excluding hydrogens is 447 g/mol. The summed E-state index contributed by atoms with van der Waals surface area (Å²) in [6.07, 6.45) is 0. The van der Waals surface area contributed by atoms with Crippen LogP contribution in [-0.2, 0) is 0 Å². The smallest absolute Gasteiger partial charge is 0 e. The third-order valence-electron chi connectivity index (χ3n) is 0. The third-order valence-corrected chi connectivity index (χ3v) is 0. The quantitative estimate of drug-likeness (QED) is 0.313. The van der Waals surface area contributed by atoms with Crippen LogP contribution in [0.4, 0.5) is 0 Å². The van der Waals surface area contributed by atoms with Crippen LogP contribution in [0.5, 0.6) is 0 Å². The second-order valence-electron chi connectivity index (χ2n) is 0. The summed E-state index contributed by atoms with van der Waals surface area (Å²) in [5, 5.41) is 0. The average Bonchev–Trinajstić information content (AvgIpc) is 0. The fourth-order valence-corrected chi connectivity index (χ4v) is 0. The van der Waals surface area contributed by atoms with Crippen LogP contribution in [0.15, 0.2) is 0 Å². The Labute approximate surface area is 98.4 Å². The second kappa shape index (κ2) is 26.3. The minimum absolute atomic E-state index is 0. The Morgan fingerprint density at radius 3 is 1.00 bits per heavy atom. The van der Waals surface area contributed by atoms with Crippen LogP contribution in [0.3, 0.4) is 0 Å². The molecule has 0 rings (SSSR count). The summed E-state index contributed by atoms with van der Waals surface area (Å²) in [4.78, 5) is 0. The summed E-state index contributed by atoms with van der Waals surface area (Å²) in [5.41, 5.74) is 0. The Kier molecular flexibility index (Phi) is 209. The first-order chi connectivity index (χ1) is 0. The van der Waals surface area contributed by atoms with Crippen molar-refractivity contribution in [3.63, 3.8) is 0 Å². The van der Waals surface area contributed by atoms with Gasteiger partial charge < -0.3 is 0 Å². The van der Waals surface area contributed by atoms with E-state index in [9.17, 15) is 0 Å². The molecule has 0 aromatic rings. The summed E-state index contributed by atoms with van der Waals surface area (Å²) in [6, 6.07) is 0. The van der Waals surface area contributed by atoms with Gasteiger partial charge in [-0.1, -0.05) is 0 Å². The maximum atomic E-state index is 0. The zero-order valence-electron chi connectivity index (χ0n) is 3.02. The first kappa shape index (κ1) is 39.9. The van der Waals surface area contributed by atoms with Crippen molar-refractivity contribution in [1.29, 1.82) is 0 Å². The Morgan fingerprint density at radius 1 is 1.00 bits per heavy atom. The molecule has 0 aliphatic heterocycles. The molecule has 0 amide bonds. The monoisotopic (exact) mass is 450 g/mol. The van der Waals surface area contributed by atoms with Gasteiger partial charge in [-0.2, -0.15) is 9.90 Å². The fraction of sp³-hybridized carbons (Fsp3) is 0. The van der Waals surface area contributed by atoms with Crippen LogP contribution in [0, 0.1) is 0 Å². The molecule has 0 saturated carbocycles. The van der Waals surface area contributed by atoms with Crippen molar-refractivity contribution in [1.82, 2.24) is 0 Å². The Hall–Kier alpha value is 3.39. The van der Waals surface area contributed by atoms with Crippen LogP contribution < -0.4 is 0 Å². The standard InChI is InChI=1S/Al.Ga.In.H3P.Tl/h;;;1H3;. The van der Waals surface area contributed by atoms with E-state index in [2.05, 4.69) is 0 Å². The molecule has 1 unspecified atom stereocenters. The molecular formula is H3AlGaInPTl. The molecule has 1 atom stereocenters. The van der Waals surface area contributed by atoms with Gasteiger partial charge in [0.05, 0.1) is 0 Å². The number of rotatable bonds is 0. The SMILES string of the molecule is P.[Al].[Ga].[In].[Tl]. The van der Waals surface area contributed by atoms with Crippen LogP contribution >= 0.6 is 9.90 Å². The van der Waals surface area contributed by atoms with Gasteiger partial charge in [-0.25, -0.2) is 0 Å². The summed E-state index contributed by atoms with van der Waals surface area (Å²) >= 11 is 0. The molecule has 0 bridgehead atoms. The van der Waals surface area contributed by atoms with Crippen molar-refractivity contribution in [2.24, 2.45) is 0 Å². The molecule has 5 heteroatoms. The average molecular weight is 450 g/mol. The summed E-state index contributed by atoms with van der Waals surface area (Å²) in [6.45, 7) is 0. The minimum atomic E-state index is 0. The van der Waals surface area contributed by atoms with Crippen molar-refractivity contribution in [2.45, 2.75) is 0 Å². The summed E-state index contributed by atoms with van der Waals surface area (Å²) < 4.78 is 0. The molecule has 10 radical (unpaired) electrons. The topological polar surface area (TPSA) is 0 Å². The van der Waals surface area contributed by atoms with Gasteiger partial charge >= 0.3 is 0 Å². The van der Waals surface area contributed by atoms with Crippen molar-refractivity contribution in [2.75, 3.05) is 0 Å². The maximum Gasteiger partial charge on any atom is 0 e. The molecule has 0 aliphatic rings. The summed E-state index contributed by atoms with van der Waals surface area (Å²) in [5.74, 6) is 0. The van der Waals surface area contributed by atoms with E-state index in [0.717, 1.165) is 0 Å². The largest absolute Gasteiger partial charge is 0.153 e. The molecule has 0 nitrogen and oxygen atoms in total. The Morgan fingerprint density at radius 2 is 1.00 bits per heavy atom. The first-order valence-corrected chi connectivity index (χ1v) is 0. The van der Waals surface area contributed by atoms with E-state index in [1.165, 1.54) is 0 Å². The predicted molar refractivity (Wildman–Crippen MR) is 34.1 cm³/mol. The van der Waals surface area contributed by atoms with Crippen molar-refractivity contribution < 1.29 is 0 Å². The molecule has 0 aliphatic carbocycles. The van der Waals surface area contributed by atoms with Gasteiger partial charge in [-0.3, -0.25) is 0 Å². The molecule has 0 fully saturated rings. The molecule has 0 aromatic heterocycles. The molecule has 0 aromatic carbocycles. The summed E-state index contributed by atoms with van der Waals surface area (Å²) in [7, 11) is 0. The van der Waals surface area contributed by atoms with Gasteiger partial charge in [0, 0.05) is 90.3 Å². The zero-order valence-corrected chi connectivity index (χ0v) is 15.8. The van der Waals surface area contributed by atoms with E-state index < -0.39 is 0 Å². The van der Waals surface area contributed by atoms with Crippen LogP contribution in [-0.4, -0.2) is 90.3 Å². The molecule has 5 heavy (non-hydrogen) atoms. The van der Waals surface area contributed by atoms with Crippen LogP contribution in [0.2, 0.25) is 0 Å². The Balaban J connectivity index is 0. The van der Waals surface area contributed by atoms with E-state index in [4.69, 9.17) is 0 Å². The van der Waals surface area contributed by atoms with E-state index >= 15 is 0 Å². The van der Waals surface area contributed by atoms with E-state index in [1.807, 2.05) is 0 Å². The molecule has 20 valence electrons. The minimum Gasteiger partial charge on any atom is -0.153 e. The zero-order chi connectivity index (χ0) is 0. The Bertz CT molecular complexity index is 11.6. The molecule has 0 spiro atoms. The number of hydrogen-bond donors (Lipinski definition) is 0. The van der Waals surface area contributed by atoms with Crippen LogP contribution in [0.1, 0.15) is 0 Å². The maximum absolute atomic E-state index is 0. The van der Waals surface area contributed by atoms with E-state index in [-0.39, 0.29) is 100 Å². The van der Waals surface area contributed by atoms with Crippen molar-refractivity contribution >= 4 is 100 Å². The fourth-order valence-electron chi connectivity index (χ4n) is 0. The third kappa shape index (κ3) is 18.7. The van der Waals surface area contributed by atoms with Crippen molar-refractivity contribution in [3.05, 3.63) is 0 Å². The van der Waals surface area contributed by atoms with E-state index in [1.54, 1.807) is 0 Å². The van der Waals surface area contributed by atoms with Crippen molar-refractivity contribution in [3.8, 4) is 0 Å². The molecule has 0 heterocycles. The van der Waals surface area contributed by atoms with Gasteiger partial charge in [0.1, 0.15) is 0 Å². The van der Waals surface area contributed by atoms with Gasteiger partial charge in [-0.15, -0.1) is 0 Å². The van der Waals surface area contributed by atoms with E-state index in [0.29, 0.717) is 0 Å². The number of hydrogen-bond acceptors (Lipinski definition) is 0. The normalized spacial score (nSPS) is 0.